The number of furan rings is 1. The van der Waals surface area contributed by atoms with Crippen LogP contribution in [0.4, 0.5) is 0 Å². The van der Waals surface area contributed by atoms with Crippen molar-refractivity contribution in [2.75, 3.05) is 19.6 Å². The van der Waals surface area contributed by atoms with Gasteiger partial charge in [0.15, 0.2) is 0 Å². The van der Waals surface area contributed by atoms with Gasteiger partial charge in [-0.05, 0) is 68.2 Å². The zero-order chi connectivity index (χ0) is 20.6. The highest BCUT2D eigenvalue weighted by atomic mass is 16.3. The van der Waals surface area contributed by atoms with Crippen molar-refractivity contribution in [1.29, 1.82) is 0 Å². The summed E-state index contributed by atoms with van der Waals surface area (Å²) in [5.74, 6) is 2.07. The Balaban J connectivity index is 1.37. The van der Waals surface area contributed by atoms with Gasteiger partial charge < -0.3 is 9.32 Å². The smallest absolute Gasteiger partial charge is 0.255 e. The maximum Gasteiger partial charge on any atom is 0.255 e. The van der Waals surface area contributed by atoms with Gasteiger partial charge in [-0.3, -0.25) is 14.7 Å². The number of rotatable bonds is 3. The Morgan fingerprint density at radius 2 is 1.93 bits per heavy atom. The Hall–Kier alpha value is -2.92. The van der Waals surface area contributed by atoms with Crippen LogP contribution in [0.15, 0.2) is 65.3 Å². The molecule has 2 aromatic heterocycles. The summed E-state index contributed by atoms with van der Waals surface area (Å²) < 4.78 is 5.78. The highest BCUT2D eigenvalue weighted by Crippen LogP contribution is 2.42. The van der Waals surface area contributed by atoms with Crippen molar-refractivity contribution < 1.29 is 9.21 Å². The van der Waals surface area contributed by atoms with Crippen LogP contribution in [0.2, 0.25) is 0 Å². The Morgan fingerprint density at radius 1 is 1.10 bits per heavy atom. The van der Waals surface area contributed by atoms with E-state index in [4.69, 9.17) is 4.42 Å². The first-order valence-electron chi connectivity index (χ1n) is 10.7. The summed E-state index contributed by atoms with van der Waals surface area (Å²) in [5, 5.41) is 0. The Morgan fingerprint density at radius 3 is 2.67 bits per heavy atom. The lowest BCUT2D eigenvalue weighted by molar-refractivity contribution is 0.0566. The lowest BCUT2D eigenvalue weighted by atomic mass is 9.68. The number of fused-ring (bicyclic) bond motifs is 2. The molecule has 0 aliphatic carbocycles. The normalized spacial score (nSPS) is 18.4. The van der Waals surface area contributed by atoms with Gasteiger partial charge in [0, 0.05) is 30.9 Å². The van der Waals surface area contributed by atoms with Gasteiger partial charge in [0.05, 0.1) is 12.1 Å². The molecule has 30 heavy (non-hydrogen) atoms. The third kappa shape index (κ3) is 3.54. The molecule has 5 rings (SSSR count). The van der Waals surface area contributed by atoms with Crippen LogP contribution in [0, 0.1) is 6.92 Å². The molecular weight excluding hydrogens is 374 g/mol. The third-order valence-corrected chi connectivity index (χ3v) is 6.63. The summed E-state index contributed by atoms with van der Waals surface area (Å²) >= 11 is 0. The largest absolute Gasteiger partial charge is 0.465 e. The Kier molecular flexibility index (Phi) is 4.91. The number of amides is 1. The molecule has 0 radical (unpaired) electrons. The van der Waals surface area contributed by atoms with Gasteiger partial charge in [-0.15, -0.1) is 0 Å². The van der Waals surface area contributed by atoms with Gasteiger partial charge in [0.1, 0.15) is 11.5 Å². The van der Waals surface area contributed by atoms with E-state index >= 15 is 0 Å². The van der Waals surface area contributed by atoms with E-state index < -0.39 is 0 Å². The van der Waals surface area contributed by atoms with Crippen LogP contribution in [0.3, 0.4) is 0 Å². The average molecular weight is 402 g/mol. The van der Waals surface area contributed by atoms with Crippen LogP contribution in [-0.4, -0.2) is 40.3 Å². The summed E-state index contributed by atoms with van der Waals surface area (Å²) in [6.45, 7) is 6.28. The monoisotopic (exact) mass is 401 g/mol. The molecule has 1 amide bonds. The molecule has 0 N–H and O–H groups in total. The van der Waals surface area contributed by atoms with E-state index in [0.717, 1.165) is 50.5 Å². The van der Waals surface area contributed by atoms with Crippen LogP contribution in [0.5, 0.6) is 0 Å². The topological polar surface area (TPSA) is 49.6 Å². The van der Waals surface area contributed by atoms with Crippen LogP contribution in [-0.2, 0) is 18.5 Å². The number of pyridine rings is 1. The number of hydrogen-bond acceptors (Lipinski definition) is 4. The van der Waals surface area contributed by atoms with Crippen LogP contribution >= 0.6 is 0 Å². The molecule has 2 aliphatic heterocycles. The molecule has 1 aromatic carbocycles. The second kappa shape index (κ2) is 7.73. The van der Waals surface area contributed by atoms with E-state index in [-0.39, 0.29) is 11.3 Å². The number of piperidine rings is 1. The van der Waals surface area contributed by atoms with Gasteiger partial charge in [-0.25, -0.2) is 0 Å². The molecule has 0 saturated carbocycles. The molecule has 3 aromatic rings. The number of carbonyl (C=O) groups excluding carboxylic acids is 1. The van der Waals surface area contributed by atoms with Crippen molar-refractivity contribution in [3.63, 3.8) is 0 Å². The number of carbonyl (C=O) groups is 1. The van der Waals surface area contributed by atoms with Crippen molar-refractivity contribution >= 4 is 5.91 Å². The minimum Gasteiger partial charge on any atom is -0.465 e. The molecular formula is C25H27N3O2. The van der Waals surface area contributed by atoms with E-state index in [9.17, 15) is 4.79 Å². The van der Waals surface area contributed by atoms with E-state index in [0.29, 0.717) is 12.1 Å². The molecule has 0 bridgehead atoms. The van der Waals surface area contributed by atoms with E-state index in [1.807, 2.05) is 30.0 Å². The summed E-state index contributed by atoms with van der Waals surface area (Å²) in [6.07, 6.45) is 5.46. The Labute approximate surface area is 177 Å². The number of hydrogen-bond donors (Lipinski definition) is 0. The fourth-order valence-electron chi connectivity index (χ4n) is 5.06. The van der Waals surface area contributed by atoms with Gasteiger partial charge in [-0.2, -0.15) is 0 Å². The minimum atomic E-state index is 0.0162. The van der Waals surface area contributed by atoms with Gasteiger partial charge in [0.25, 0.3) is 5.91 Å². The first kappa shape index (κ1) is 19.1. The first-order chi connectivity index (χ1) is 14.6. The number of aryl methyl sites for hydroxylation is 1. The first-order valence-corrected chi connectivity index (χ1v) is 10.7. The quantitative estimate of drug-likeness (QED) is 0.661. The predicted octanol–water partition coefficient (Wildman–Crippen LogP) is 4.17. The summed E-state index contributed by atoms with van der Waals surface area (Å²) in [7, 11) is 0. The van der Waals surface area contributed by atoms with E-state index in [1.54, 1.807) is 12.4 Å². The second-order valence-corrected chi connectivity index (χ2v) is 8.63. The van der Waals surface area contributed by atoms with Crippen molar-refractivity contribution in [2.45, 2.75) is 38.3 Å². The van der Waals surface area contributed by atoms with E-state index in [2.05, 4.69) is 40.2 Å². The minimum absolute atomic E-state index is 0.0162. The fourth-order valence-corrected chi connectivity index (χ4v) is 5.06. The van der Waals surface area contributed by atoms with Gasteiger partial charge >= 0.3 is 0 Å². The molecule has 5 nitrogen and oxygen atoms in total. The molecule has 1 spiro atoms. The molecule has 4 heterocycles. The lowest BCUT2D eigenvalue weighted by Crippen LogP contribution is -2.53. The maximum absolute atomic E-state index is 13.2. The van der Waals surface area contributed by atoms with Crippen LogP contribution < -0.4 is 0 Å². The van der Waals surface area contributed by atoms with Crippen LogP contribution in [0.1, 0.15) is 45.8 Å². The molecule has 5 heteroatoms. The number of benzene rings is 1. The summed E-state index contributed by atoms with van der Waals surface area (Å²) in [5.41, 5.74) is 3.38. The molecule has 0 unspecified atom stereocenters. The SMILES string of the molecule is Cc1ccc(CN2CCC3(CC2)CN(C(=O)c2cccnc2)Cc2ccccc23)o1. The van der Waals surface area contributed by atoms with Gasteiger partial charge in [0.2, 0.25) is 0 Å². The average Bonchev–Trinajstić information content (AvgIpc) is 3.20. The number of likely N-dealkylation sites (tertiary alicyclic amines) is 1. The zero-order valence-corrected chi connectivity index (χ0v) is 17.4. The second-order valence-electron chi connectivity index (χ2n) is 8.63. The van der Waals surface area contributed by atoms with Crippen molar-refractivity contribution in [2.24, 2.45) is 0 Å². The maximum atomic E-state index is 13.2. The van der Waals surface area contributed by atoms with E-state index in [1.165, 1.54) is 11.1 Å². The third-order valence-electron chi connectivity index (χ3n) is 6.63. The number of aromatic nitrogens is 1. The van der Waals surface area contributed by atoms with Gasteiger partial charge in [-0.1, -0.05) is 24.3 Å². The fraction of sp³-hybridized carbons (Fsp3) is 0.360. The van der Waals surface area contributed by atoms with Crippen LogP contribution in [0.25, 0.3) is 0 Å². The standard InChI is InChI=1S/C25H27N3O2/c1-19-8-9-22(30-19)17-27-13-10-25(11-14-27)18-28(16-21-5-2-3-7-23(21)25)24(29)20-6-4-12-26-15-20/h2-9,12,15H,10-11,13-14,16-18H2,1H3. The molecule has 0 atom stereocenters. The zero-order valence-electron chi connectivity index (χ0n) is 17.4. The molecule has 1 fully saturated rings. The van der Waals surface area contributed by atoms with Crippen molar-refractivity contribution in [3.8, 4) is 0 Å². The molecule has 2 aliphatic rings. The Bertz CT molecular complexity index is 1040. The molecule has 1 saturated heterocycles. The highest BCUT2D eigenvalue weighted by Gasteiger charge is 2.43. The summed E-state index contributed by atoms with van der Waals surface area (Å²) in [6, 6.07) is 16.5. The molecule has 154 valence electrons. The highest BCUT2D eigenvalue weighted by molar-refractivity contribution is 5.94. The summed E-state index contributed by atoms with van der Waals surface area (Å²) in [4.78, 5) is 21.8. The predicted molar refractivity (Wildman–Crippen MR) is 115 cm³/mol. The van der Waals surface area contributed by atoms with Crippen molar-refractivity contribution in [1.82, 2.24) is 14.8 Å². The number of nitrogens with zero attached hydrogens (tertiary/aromatic N) is 3. The van der Waals surface area contributed by atoms with Crippen molar-refractivity contribution in [3.05, 3.63) is 89.1 Å². The lowest BCUT2D eigenvalue weighted by Gasteiger charge is -2.48.